The molecule has 2 aromatic heterocycles. The van der Waals surface area contributed by atoms with Crippen molar-refractivity contribution in [3.8, 4) is 5.69 Å². The van der Waals surface area contributed by atoms with E-state index in [2.05, 4.69) is 73.6 Å². The first kappa shape index (κ1) is 21.8. The molecule has 0 bridgehead atoms. The number of aromatic nitrogens is 4. The highest BCUT2D eigenvalue weighted by Gasteiger charge is 2.20. The van der Waals surface area contributed by atoms with E-state index in [-0.39, 0.29) is 12.5 Å². The van der Waals surface area contributed by atoms with Crippen molar-refractivity contribution in [3.63, 3.8) is 0 Å². The molecule has 3 heterocycles. The van der Waals surface area contributed by atoms with Crippen molar-refractivity contribution in [2.75, 3.05) is 45.9 Å². The van der Waals surface area contributed by atoms with Gasteiger partial charge in [-0.15, -0.1) is 10.2 Å². The van der Waals surface area contributed by atoms with Crippen molar-refractivity contribution >= 4 is 10.9 Å². The number of hydrogen-bond acceptors (Lipinski definition) is 5. The molecule has 172 valence electrons. The fourth-order valence-corrected chi connectivity index (χ4v) is 4.86. The van der Waals surface area contributed by atoms with Gasteiger partial charge in [0.2, 0.25) is 0 Å². The van der Waals surface area contributed by atoms with Crippen LogP contribution in [0.15, 0.2) is 67.4 Å². The largest absolute Gasteiger partial charge is 0.396 e. The van der Waals surface area contributed by atoms with Crippen LogP contribution in [0.1, 0.15) is 23.5 Å². The molecule has 0 spiro atoms. The third kappa shape index (κ3) is 5.16. The normalized spacial score (nSPS) is 16.4. The van der Waals surface area contributed by atoms with Crippen molar-refractivity contribution in [1.82, 2.24) is 29.5 Å². The lowest BCUT2D eigenvalue weighted by Gasteiger charge is -2.36. The van der Waals surface area contributed by atoms with Gasteiger partial charge in [0.25, 0.3) is 0 Å². The lowest BCUT2D eigenvalue weighted by molar-refractivity contribution is 0.115. The second-order valence-electron chi connectivity index (χ2n) is 8.95. The van der Waals surface area contributed by atoms with Crippen molar-refractivity contribution in [2.45, 2.75) is 18.8 Å². The Balaban J connectivity index is 1.11. The molecule has 0 amide bonds. The minimum absolute atomic E-state index is 0.197. The van der Waals surface area contributed by atoms with Gasteiger partial charge in [-0.25, -0.2) is 0 Å². The summed E-state index contributed by atoms with van der Waals surface area (Å²) in [5, 5.41) is 19.0. The Hall–Kier alpha value is -3.00. The molecule has 7 heteroatoms. The second-order valence-corrected chi connectivity index (χ2v) is 8.95. The van der Waals surface area contributed by atoms with Gasteiger partial charge in [-0.2, -0.15) is 0 Å². The number of aromatic amines is 1. The van der Waals surface area contributed by atoms with Crippen LogP contribution >= 0.6 is 0 Å². The number of aryl methyl sites for hydroxylation is 1. The average Bonchev–Trinajstić information content (AvgIpc) is 3.54. The highest BCUT2D eigenvalue weighted by atomic mass is 16.3. The fourth-order valence-electron chi connectivity index (χ4n) is 4.86. The van der Waals surface area contributed by atoms with Gasteiger partial charge in [0.1, 0.15) is 12.7 Å². The van der Waals surface area contributed by atoms with Gasteiger partial charge in [-0.3, -0.25) is 4.57 Å². The third-order valence-corrected chi connectivity index (χ3v) is 6.82. The van der Waals surface area contributed by atoms with Gasteiger partial charge < -0.3 is 19.9 Å². The van der Waals surface area contributed by atoms with Crippen molar-refractivity contribution < 1.29 is 5.11 Å². The number of benzene rings is 2. The highest BCUT2D eigenvalue weighted by Crippen LogP contribution is 2.23. The Kier molecular flexibility index (Phi) is 6.81. The molecule has 0 radical (unpaired) electrons. The van der Waals surface area contributed by atoms with E-state index in [9.17, 15) is 5.11 Å². The summed E-state index contributed by atoms with van der Waals surface area (Å²) in [4.78, 5) is 8.48. The zero-order chi connectivity index (χ0) is 22.5. The molecule has 1 atom stereocenters. The lowest BCUT2D eigenvalue weighted by Crippen LogP contribution is -2.47. The minimum Gasteiger partial charge on any atom is -0.396 e. The number of rotatable bonds is 9. The molecule has 1 aliphatic heterocycles. The fraction of sp³-hybridized carbons (Fsp3) is 0.385. The lowest BCUT2D eigenvalue weighted by atomic mass is 9.99. The summed E-state index contributed by atoms with van der Waals surface area (Å²) in [7, 11) is 0. The maximum atomic E-state index is 9.87. The molecule has 1 aliphatic rings. The zero-order valence-corrected chi connectivity index (χ0v) is 19.0. The van der Waals surface area contributed by atoms with Crippen LogP contribution in [0.4, 0.5) is 0 Å². The number of nitrogens with one attached hydrogen (secondary N) is 1. The van der Waals surface area contributed by atoms with E-state index in [4.69, 9.17) is 0 Å². The van der Waals surface area contributed by atoms with Crippen molar-refractivity contribution in [2.24, 2.45) is 0 Å². The van der Waals surface area contributed by atoms with E-state index in [1.54, 1.807) is 12.7 Å². The first-order valence-electron chi connectivity index (χ1n) is 11.9. The van der Waals surface area contributed by atoms with Gasteiger partial charge in [-0.1, -0.05) is 30.3 Å². The van der Waals surface area contributed by atoms with Crippen LogP contribution in [-0.2, 0) is 6.42 Å². The SMILES string of the molecule is OCC(CN1CCN(CCCc2c[nH]c3ccc(-n4cnnc4)cc23)CC1)c1ccccc1. The number of aliphatic hydroxyl groups excluding tert-OH is 1. The number of fused-ring (bicyclic) bond motifs is 1. The average molecular weight is 445 g/mol. The predicted octanol–water partition coefficient (Wildman–Crippen LogP) is 3.07. The van der Waals surface area contributed by atoms with E-state index in [0.717, 1.165) is 57.8 Å². The number of H-pyrrole nitrogens is 1. The molecule has 1 fully saturated rings. The van der Waals surface area contributed by atoms with Gasteiger partial charge in [-0.05, 0) is 48.7 Å². The van der Waals surface area contributed by atoms with E-state index in [1.165, 1.54) is 22.0 Å². The monoisotopic (exact) mass is 444 g/mol. The van der Waals surface area contributed by atoms with E-state index < -0.39 is 0 Å². The van der Waals surface area contributed by atoms with Crippen LogP contribution in [-0.4, -0.2) is 80.5 Å². The van der Waals surface area contributed by atoms with E-state index in [0.29, 0.717) is 0 Å². The maximum Gasteiger partial charge on any atom is 0.123 e. The van der Waals surface area contributed by atoms with Crippen LogP contribution in [0.5, 0.6) is 0 Å². The highest BCUT2D eigenvalue weighted by molar-refractivity contribution is 5.85. The Morgan fingerprint density at radius 1 is 0.939 bits per heavy atom. The van der Waals surface area contributed by atoms with Crippen molar-refractivity contribution in [1.29, 1.82) is 0 Å². The molecule has 33 heavy (non-hydrogen) atoms. The molecular formula is C26H32N6O. The van der Waals surface area contributed by atoms with E-state index in [1.807, 2.05) is 10.6 Å². The standard InChI is InChI=1S/C26H32N6O/c33-18-23(21-5-2-1-3-6-21)17-31-13-11-30(12-14-31)10-4-7-22-16-27-26-9-8-24(15-25(22)26)32-19-28-29-20-32/h1-3,5-6,8-9,15-16,19-20,23,27,33H,4,7,10-14,17-18H2. The predicted molar refractivity (Wildman–Crippen MR) is 131 cm³/mol. The van der Waals surface area contributed by atoms with Crippen LogP contribution < -0.4 is 0 Å². The minimum atomic E-state index is 0.197. The molecule has 5 rings (SSSR count). The first-order valence-corrected chi connectivity index (χ1v) is 11.9. The molecular weight excluding hydrogens is 412 g/mol. The molecule has 0 aliphatic carbocycles. The topological polar surface area (TPSA) is 73.2 Å². The van der Waals surface area contributed by atoms with Gasteiger partial charge in [0.05, 0.1) is 6.61 Å². The smallest absolute Gasteiger partial charge is 0.123 e. The van der Waals surface area contributed by atoms with Gasteiger partial charge in [0.15, 0.2) is 0 Å². The summed E-state index contributed by atoms with van der Waals surface area (Å²) in [6.45, 7) is 6.58. The summed E-state index contributed by atoms with van der Waals surface area (Å²) >= 11 is 0. The Labute approximate surface area is 194 Å². The molecule has 4 aromatic rings. The van der Waals surface area contributed by atoms with Gasteiger partial charge >= 0.3 is 0 Å². The van der Waals surface area contributed by atoms with Crippen LogP contribution in [0.2, 0.25) is 0 Å². The first-order chi connectivity index (χ1) is 16.3. The molecule has 1 unspecified atom stereocenters. The second kappa shape index (κ2) is 10.3. The Morgan fingerprint density at radius 3 is 2.45 bits per heavy atom. The zero-order valence-electron chi connectivity index (χ0n) is 19.0. The molecule has 2 N–H and O–H groups in total. The van der Waals surface area contributed by atoms with Crippen LogP contribution in [0.25, 0.3) is 16.6 Å². The third-order valence-electron chi connectivity index (χ3n) is 6.82. The van der Waals surface area contributed by atoms with Crippen molar-refractivity contribution in [3.05, 3.63) is 78.5 Å². The molecule has 1 saturated heterocycles. The molecule has 0 saturated carbocycles. The summed E-state index contributed by atoms with van der Waals surface area (Å²) in [6, 6.07) is 16.8. The number of aliphatic hydroxyl groups is 1. The molecule has 7 nitrogen and oxygen atoms in total. The maximum absolute atomic E-state index is 9.87. The number of hydrogen-bond donors (Lipinski definition) is 2. The summed E-state index contributed by atoms with van der Waals surface area (Å²) < 4.78 is 1.94. The Morgan fingerprint density at radius 2 is 1.70 bits per heavy atom. The number of piperazine rings is 1. The van der Waals surface area contributed by atoms with Crippen LogP contribution in [0.3, 0.4) is 0 Å². The summed E-state index contributed by atoms with van der Waals surface area (Å²) in [5.41, 5.74) is 4.86. The number of nitrogens with zero attached hydrogens (tertiary/aromatic N) is 5. The Bertz CT molecular complexity index is 1130. The summed E-state index contributed by atoms with van der Waals surface area (Å²) in [5.74, 6) is 0.197. The quantitative estimate of drug-likeness (QED) is 0.415. The summed E-state index contributed by atoms with van der Waals surface area (Å²) in [6.07, 6.45) is 7.82. The van der Waals surface area contributed by atoms with Crippen LogP contribution in [0, 0.1) is 0 Å². The van der Waals surface area contributed by atoms with Gasteiger partial charge in [0, 0.05) is 61.4 Å². The molecule has 2 aromatic carbocycles. The van der Waals surface area contributed by atoms with E-state index >= 15 is 0 Å².